The van der Waals surface area contributed by atoms with Crippen LogP contribution in [0.2, 0.25) is 5.02 Å². The number of halogens is 3. The molecule has 0 N–H and O–H groups in total. The third-order valence-corrected chi connectivity index (χ3v) is 2.13. The first-order valence-corrected chi connectivity index (χ1v) is 4.10. The lowest BCUT2D eigenvalue weighted by atomic mass is 10.2. The molecule has 0 aliphatic carbocycles. The van der Waals surface area contributed by atoms with Crippen molar-refractivity contribution in [2.45, 2.75) is 6.55 Å². The average Bonchev–Trinajstić information content (AvgIpc) is 2.46. The summed E-state index contributed by atoms with van der Waals surface area (Å²) < 4.78 is 25.7. The van der Waals surface area contributed by atoms with E-state index >= 15 is 0 Å². The molecule has 4 heteroatoms. The van der Waals surface area contributed by atoms with E-state index in [1.807, 2.05) is 0 Å². The number of alkyl halides is 2. The summed E-state index contributed by atoms with van der Waals surface area (Å²) in [6.07, 6.45) is 1.35. The van der Waals surface area contributed by atoms with Crippen LogP contribution < -0.4 is 0 Å². The second kappa shape index (κ2) is 3.00. The van der Waals surface area contributed by atoms with Crippen molar-refractivity contribution < 1.29 is 8.78 Å². The largest absolute Gasteiger partial charge is 0.319 e. The molecule has 0 unspecified atom stereocenters. The minimum atomic E-state index is -2.52. The van der Waals surface area contributed by atoms with E-state index in [0.717, 1.165) is 9.95 Å². The van der Waals surface area contributed by atoms with Crippen LogP contribution in [0.3, 0.4) is 0 Å². The zero-order valence-corrected chi connectivity index (χ0v) is 7.30. The number of fused-ring (bicyclic) bond motifs is 1. The fraction of sp³-hybridized carbons (Fsp3) is 0.111. The SMILES string of the molecule is FC(F)n1ccc2ccc(Cl)cc21. The summed E-state index contributed by atoms with van der Waals surface area (Å²) in [7, 11) is 0. The first kappa shape index (κ1) is 8.51. The van der Waals surface area contributed by atoms with Gasteiger partial charge in [0.1, 0.15) is 0 Å². The van der Waals surface area contributed by atoms with Crippen molar-refractivity contribution in [2.24, 2.45) is 0 Å². The molecule has 0 aliphatic heterocycles. The van der Waals surface area contributed by atoms with E-state index in [1.54, 1.807) is 18.2 Å². The van der Waals surface area contributed by atoms with Crippen molar-refractivity contribution in [3.05, 3.63) is 35.5 Å². The third-order valence-electron chi connectivity index (χ3n) is 1.90. The van der Waals surface area contributed by atoms with Crippen molar-refractivity contribution >= 4 is 22.5 Å². The molecule has 0 radical (unpaired) electrons. The van der Waals surface area contributed by atoms with E-state index in [9.17, 15) is 8.78 Å². The monoisotopic (exact) mass is 201 g/mol. The van der Waals surface area contributed by atoms with Crippen LogP contribution in [0.5, 0.6) is 0 Å². The molecular weight excluding hydrogens is 196 g/mol. The van der Waals surface area contributed by atoms with E-state index in [4.69, 9.17) is 11.6 Å². The molecule has 2 aromatic rings. The van der Waals surface area contributed by atoms with Gasteiger partial charge in [0.25, 0.3) is 0 Å². The standard InChI is InChI=1S/C9H6ClF2N/c10-7-2-1-6-3-4-13(9(11)12)8(6)5-7/h1-5,9H. The highest BCUT2D eigenvalue weighted by atomic mass is 35.5. The molecule has 0 amide bonds. The Balaban J connectivity index is 2.71. The number of benzene rings is 1. The molecule has 1 aromatic heterocycles. The summed E-state index contributed by atoms with van der Waals surface area (Å²) in [4.78, 5) is 0. The summed E-state index contributed by atoms with van der Waals surface area (Å²) in [6.45, 7) is -2.52. The van der Waals surface area contributed by atoms with Gasteiger partial charge in [-0.1, -0.05) is 17.7 Å². The van der Waals surface area contributed by atoms with Crippen LogP contribution in [-0.2, 0) is 0 Å². The van der Waals surface area contributed by atoms with Crippen molar-refractivity contribution in [3.8, 4) is 0 Å². The molecule has 0 saturated carbocycles. The van der Waals surface area contributed by atoms with E-state index in [-0.39, 0.29) is 0 Å². The summed E-state index contributed by atoms with van der Waals surface area (Å²) >= 11 is 5.69. The van der Waals surface area contributed by atoms with Gasteiger partial charge in [-0.15, -0.1) is 0 Å². The predicted octanol–water partition coefficient (Wildman–Crippen LogP) is 3.69. The second-order valence-electron chi connectivity index (χ2n) is 2.70. The van der Waals surface area contributed by atoms with E-state index in [1.165, 1.54) is 12.3 Å². The highest BCUT2D eigenvalue weighted by Gasteiger charge is 2.08. The topological polar surface area (TPSA) is 4.93 Å². The Hall–Kier alpha value is -1.09. The summed E-state index contributed by atoms with van der Waals surface area (Å²) in [5, 5.41) is 1.23. The molecule has 0 saturated heterocycles. The van der Waals surface area contributed by atoms with Crippen LogP contribution in [0.4, 0.5) is 8.78 Å². The maximum absolute atomic E-state index is 12.4. The van der Waals surface area contributed by atoms with Gasteiger partial charge >= 0.3 is 6.55 Å². The molecule has 1 aromatic carbocycles. The van der Waals surface area contributed by atoms with Gasteiger partial charge in [0.2, 0.25) is 0 Å². The first-order chi connectivity index (χ1) is 6.18. The Labute approximate surface area is 78.5 Å². The Kier molecular flexibility index (Phi) is 1.96. The Morgan fingerprint density at radius 2 is 2.00 bits per heavy atom. The lowest BCUT2D eigenvalue weighted by molar-refractivity contribution is 0.0752. The van der Waals surface area contributed by atoms with E-state index in [0.29, 0.717) is 10.5 Å². The van der Waals surface area contributed by atoms with Crippen LogP contribution in [0.15, 0.2) is 30.5 Å². The summed E-state index contributed by atoms with van der Waals surface area (Å²) in [6, 6.07) is 6.57. The lowest BCUT2D eigenvalue weighted by Gasteiger charge is -2.02. The predicted molar refractivity (Wildman–Crippen MR) is 48.2 cm³/mol. The molecule has 1 nitrogen and oxygen atoms in total. The second-order valence-corrected chi connectivity index (χ2v) is 3.14. The maximum Gasteiger partial charge on any atom is 0.319 e. The molecule has 0 spiro atoms. The van der Waals surface area contributed by atoms with Crippen LogP contribution in [0.25, 0.3) is 10.9 Å². The van der Waals surface area contributed by atoms with Crippen molar-refractivity contribution in [1.82, 2.24) is 4.57 Å². The van der Waals surface area contributed by atoms with Crippen LogP contribution >= 0.6 is 11.6 Å². The van der Waals surface area contributed by atoms with Gasteiger partial charge in [0, 0.05) is 11.2 Å². The van der Waals surface area contributed by atoms with Gasteiger partial charge in [-0.25, -0.2) is 0 Å². The molecule has 1 heterocycles. The summed E-state index contributed by atoms with van der Waals surface area (Å²) in [5.74, 6) is 0. The fourth-order valence-electron chi connectivity index (χ4n) is 1.29. The number of hydrogen-bond acceptors (Lipinski definition) is 0. The van der Waals surface area contributed by atoms with E-state index < -0.39 is 6.55 Å². The average molecular weight is 202 g/mol. The molecule has 0 atom stereocenters. The van der Waals surface area contributed by atoms with Crippen molar-refractivity contribution in [1.29, 1.82) is 0 Å². The zero-order valence-electron chi connectivity index (χ0n) is 6.55. The minimum absolute atomic E-state index is 0.461. The number of rotatable bonds is 1. The lowest BCUT2D eigenvalue weighted by Crippen LogP contribution is -1.94. The number of nitrogens with zero attached hydrogens (tertiary/aromatic N) is 1. The normalized spacial score (nSPS) is 11.4. The van der Waals surface area contributed by atoms with Crippen molar-refractivity contribution in [3.63, 3.8) is 0 Å². The fourth-order valence-corrected chi connectivity index (χ4v) is 1.46. The molecule has 68 valence electrons. The highest BCUT2D eigenvalue weighted by Crippen LogP contribution is 2.24. The van der Waals surface area contributed by atoms with Crippen LogP contribution in [0, 0.1) is 0 Å². The highest BCUT2D eigenvalue weighted by molar-refractivity contribution is 6.31. The van der Waals surface area contributed by atoms with Crippen LogP contribution in [0.1, 0.15) is 6.55 Å². The number of aromatic nitrogens is 1. The zero-order chi connectivity index (χ0) is 9.42. The van der Waals surface area contributed by atoms with Gasteiger partial charge < -0.3 is 0 Å². The minimum Gasteiger partial charge on any atom is -0.291 e. The Morgan fingerprint density at radius 3 is 2.69 bits per heavy atom. The molecule has 0 bridgehead atoms. The van der Waals surface area contributed by atoms with Gasteiger partial charge in [-0.3, -0.25) is 4.57 Å². The third kappa shape index (κ3) is 1.40. The number of hydrogen-bond donors (Lipinski definition) is 0. The molecule has 0 fully saturated rings. The Morgan fingerprint density at radius 1 is 1.23 bits per heavy atom. The molecule has 0 aliphatic rings. The van der Waals surface area contributed by atoms with Crippen LogP contribution in [-0.4, -0.2) is 4.57 Å². The van der Waals surface area contributed by atoms with Gasteiger partial charge in [-0.2, -0.15) is 8.78 Å². The van der Waals surface area contributed by atoms with Gasteiger partial charge in [0.05, 0.1) is 5.52 Å². The summed E-state index contributed by atoms with van der Waals surface area (Å²) in [5.41, 5.74) is 0.461. The Bertz CT molecular complexity index is 436. The van der Waals surface area contributed by atoms with E-state index in [2.05, 4.69) is 0 Å². The molecule has 13 heavy (non-hydrogen) atoms. The smallest absolute Gasteiger partial charge is 0.291 e. The molecular formula is C9H6ClF2N. The quantitative estimate of drug-likeness (QED) is 0.663. The van der Waals surface area contributed by atoms with Crippen molar-refractivity contribution in [2.75, 3.05) is 0 Å². The molecule has 2 rings (SSSR count). The van der Waals surface area contributed by atoms with Gasteiger partial charge in [0.15, 0.2) is 0 Å². The first-order valence-electron chi connectivity index (χ1n) is 3.73. The van der Waals surface area contributed by atoms with Gasteiger partial charge in [-0.05, 0) is 23.6 Å². The maximum atomic E-state index is 12.4.